The molecule has 29 heavy (non-hydrogen) atoms. The summed E-state index contributed by atoms with van der Waals surface area (Å²) in [6.07, 6.45) is 4.85. The average Bonchev–Trinajstić information content (AvgIpc) is 3.15. The molecule has 146 valence electrons. The monoisotopic (exact) mass is 385 g/mol. The molecule has 0 spiro atoms. The number of nitrogens with zero attached hydrogens (tertiary/aromatic N) is 2. The van der Waals surface area contributed by atoms with Crippen LogP contribution in [0.5, 0.6) is 0 Å². The molecule has 0 bridgehead atoms. The Kier molecular flexibility index (Phi) is 5.12. The number of benzene rings is 2. The maximum atomic E-state index is 13.6. The summed E-state index contributed by atoms with van der Waals surface area (Å²) in [6, 6.07) is 17.7. The Morgan fingerprint density at radius 1 is 1.10 bits per heavy atom. The molecule has 2 atom stereocenters. The van der Waals surface area contributed by atoms with E-state index >= 15 is 0 Å². The highest BCUT2D eigenvalue weighted by Crippen LogP contribution is 2.41. The molecule has 0 aliphatic heterocycles. The van der Waals surface area contributed by atoms with Crippen LogP contribution >= 0.6 is 0 Å². The van der Waals surface area contributed by atoms with Crippen LogP contribution in [0.25, 0.3) is 0 Å². The van der Waals surface area contributed by atoms with Gasteiger partial charge in [0.25, 0.3) is 5.91 Å². The normalized spacial score (nSPS) is 16.1. The van der Waals surface area contributed by atoms with Gasteiger partial charge in [-0.05, 0) is 49.1 Å². The Balaban J connectivity index is 1.84. The van der Waals surface area contributed by atoms with Crippen molar-refractivity contribution in [3.63, 3.8) is 0 Å². The fourth-order valence-electron chi connectivity index (χ4n) is 4.18. The molecule has 0 radical (unpaired) electrons. The first-order chi connectivity index (χ1) is 14.1. The van der Waals surface area contributed by atoms with E-state index in [2.05, 4.69) is 24.0 Å². The van der Waals surface area contributed by atoms with Crippen LogP contribution in [-0.4, -0.2) is 21.7 Å². The number of hydrogen-bond donors (Lipinski definition) is 1. The third-order valence-corrected chi connectivity index (χ3v) is 5.48. The zero-order chi connectivity index (χ0) is 20.4. The molecule has 2 N–H and O–H groups in total. The van der Waals surface area contributed by atoms with Gasteiger partial charge in [0.05, 0.1) is 6.04 Å². The summed E-state index contributed by atoms with van der Waals surface area (Å²) in [5.74, 6) is -0.778. The third-order valence-electron chi connectivity index (χ3n) is 5.48. The predicted octanol–water partition coefficient (Wildman–Crippen LogP) is 3.75. The summed E-state index contributed by atoms with van der Waals surface area (Å²) >= 11 is 0. The van der Waals surface area contributed by atoms with Gasteiger partial charge in [-0.2, -0.15) is 0 Å². The van der Waals surface area contributed by atoms with Crippen molar-refractivity contribution in [2.75, 3.05) is 0 Å². The van der Waals surface area contributed by atoms with Gasteiger partial charge >= 0.3 is 0 Å². The lowest BCUT2D eigenvalue weighted by molar-refractivity contribution is -0.123. The molecule has 1 aliphatic rings. The summed E-state index contributed by atoms with van der Waals surface area (Å²) < 4.78 is 0. The minimum atomic E-state index is -0.895. The molecule has 2 amide bonds. The minimum absolute atomic E-state index is 0.211. The van der Waals surface area contributed by atoms with E-state index in [1.165, 1.54) is 11.1 Å². The smallest absolute Gasteiger partial charge is 0.255 e. The molecule has 3 aromatic rings. The second kappa shape index (κ2) is 7.87. The quantitative estimate of drug-likeness (QED) is 0.727. The summed E-state index contributed by atoms with van der Waals surface area (Å²) in [5.41, 5.74) is 10.5. The zero-order valence-electron chi connectivity index (χ0n) is 16.3. The van der Waals surface area contributed by atoms with Crippen LogP contribution in [0, 0.1) is 6.92 Å². The number of nitrogens with two attached hydrogens (primary N) is 1. The highest BCUT2D eigenvalue weighted by molar-refractivity contribution is 5.98. The van der Waals surface area contributed by atoms with E-state index in [4.69, 9.17) is 5.73 Å². The molecule has 4 rings (SSSR count). The van der Waals surface area contributed by atoms with Crippen LogP contribution in [-0.2, 0) is 11.2 Å². The number of rotatable bonds is 5. The van der Waals surface area contributed by atoms with Crippen molar-refractivity contribution in [2.45, 2.75) is 31.8 Å². The molecule has 0 fully saturated rings. The fourth-order valence-corrected chi connectivity index (χ4v) is 4.18. The fraction of sp³-hybridized carbons (Fsp3) is 0.208. The van der Waals surface area contributed by atoms with Gasteiger partial charge in [-0.1, -0.05) is 48.0 Å². The van der Waals surface area contributed by atoms with E-state index in [1.54, 1.807) is 41.6 Å². The van der Waals surface area contributed by atoms with Crippen LogP contribution < -0.4 is 5.73 Å². The minimum Gasteiger partial charge on any atom is -0.368 e. The Bertz CT molecular complexity index is 1030. The van der Waals surface area contributed by atoms with Crippen molar-refractivity contribution in [3.8, 4) is 0 Å². The number of aromatic nitrogens is 1. The van der Waals surface area contributed by atoms with E-state index in [9.17, 15) is 9.59 Å². The van der Waals surface area contributed by atoms with Gasteiger partial charge < -0.3 is 10.6 Å². The van der Waals surface area contributed by atoms with Crippen molar-refractivity contribution in [1.82, 2.24) is 9.88 Å². The lowest BCUT2D eigenvalue weighted by Crippen LogP contribution is -2.43. The molecule has 0 saturated carbocycles. The molecule has 5 heteroatoms. The number of hydrogen-bond acceptors (Lipinski definition) is 3. The number of amides is 2. The van der Waals surface area contributed by atoms with Gasteiger partial charge in [0.2, 0.25) is 5.91 Å². The predicted molar refractivity (Wildman–Crippen MR) is 111 cm³/mol. The van der Waals surface area contributed by atoms with Gasteiger partial charge in [0.1, 0.15) is 6.04 Å². The zero-order valence-corrected chi connectivity index (χ0v) is 16.3. The van der Waals surface area contributed by atoms with Crippen LogP contribution in [0.4, 0.5) is 0 Å². The van der Waals surface area contributed by atoms with E-state index in [0.29, 0.717) is 11.1 Å². The van der Waals surface area contributed by atoms with Gasteiger partial charge in [-0.15, -0.1) is 0 Å². The maximum Gasteiger partial charge on any atom is 0.255 e. The van der Waals surface area contributed by atoms with Crippen molar-refractivity contribution in [1.29, 1.82) is 0 Å². The third kappa shape index (κ3) is 3.63. The first-order valence-electron chi connectivity index (χ1n) is 9.72. The highest BCUT2D eigenvalue weighted by atomic mass is 16.2. The van der Waals surface area contributed by atoms with Gasteiger partial charge in [-0.3, -0.25) is 14.6 Å². The topological polar surface area (TPSA) is 76.3 Å². The van der Waals surface area contributed by atoms with Gasteiger partial charge in [0.15, 0.2) is 0 Å². The summed E-state index contributed by atoms with van der Waals surface area (Å²) in [7, 11) is 0. The molecule has 5 nitrogen and oxygen atoms in total. The van der Waals surface area contributed by atoms with Gasteiger partial charge in [0, 0.05) is 23.5 Å². The molecular weight excluding hydrogens is 362 g/mol. The molecule has 0 saturated heterocycles. The van der Waals surface area contributed by atoms with Crippen molar-refractivity contribution in [2.24, 2.45) is 5.73 Å². The molecule has 1 aromatic heterocycles. The lowest BCUT2D eigenvalue weighted by Gasteiger charge is -2.35. The second-order valence-corrected chi connectivity index (χ2v) is 7.43. The summed E-state index contributed by atoms with van der Waals surface area (Å²) in [4.78, 5) is 32.0. The number of primary amides is 1. The lowest BCUT2D eigenvalue weighted by atomic mass is 9.98. The molecule has 1 heterocycles. The maximum absolute atomic E-state index is 13.6. The number of pyridine rings is 1. The number of carbonyl (C=O) groups excluding carboxylic acids is 2. The Labute approximate surface area is 170 Å². The Hall–Kier alpha value is -3.47. The van der Waals surface area contributed by atoms with E-state index in [0.717, 1.165) is 18.4 Å². The summed E-state index contributed by atoms with van der Waals surface area (Å²) in [5, 5.41) is 0. The van der Waals surface area contributed by atoms with Crippen LogP contribution in [0.1, 0.15) is 51.1 Å². The van der Waals surface area contributed by atoms with E-state index in [1.807, 2.05) is 24.3 Å². The van der Waals surface area contributed by atoms with Gasteiger partial charge in [-0.25, -0.2) is 0 Å². The van der Waals surface area contributed by atoms with Crippen LogP contribution in [0.3, 0.4) is 0 Å². The van der Waals surface area contributed by atoms with Crippen molar-refractivity contribution in [3.05, 3.63) is 101 Å². The summed E-state index contributed by atoms with van der Waals surface area (Å²) in [6.45, 7) is 2.06. The van der Waals surface area contributed by atoms with E-state index in [-0.39, 0.29) is 11.9 Å². The Morgan fingerprint density at radius 2 is 1.90 bits per heavy atom. The molecular formula is C24H23N3O2. The van der Waals surface area contributed by atoms with E-state index < -0.39 is 11.9 Å². The molecule has 2 aromatic carbocycles. The number of aryl methyl sites for hydroxylation is 2. The van der Waals surface area contributed by atoms with Crippen molar-refractivity contribution < 1.29 is 9.59 Å². The first kappa shape index (κ1) is 18.9. The molecule has 1 unspecified atom stereocenters. The Morgan fingerprint density at radius 3 is 2.59 bits per heavy atom. The standard InChI is InChI=1S/C24H23N3O2/c1-16-9-11-20-18(14-16)10-12-21(20)27(24(29)17-6-3-2-4-7-17)22(23(25)28)19-8-5-13-26-15-19/h2-9,11,13-15,21-22H,10,12H2,1H3,(H2,25,28)/t21-,22?/m1/s1. The average molecular weight is 385 g/mol. The highest BCUT2D eigenvalue weighted by Gasteiger charge is 2.39. The molecule has 1 aliphatic carbocycles. The SMILES string of the molecule is Cc1ccc2c(c1)CC[C@H]2N(C(=O)c1ccccc1)C(C(N)=O)c1cccnc1. The second-order valence-electron chi connectivity index (χ2n) is 7.43. The number of carbonyl (C=O) groups is 2. The van der Waals surface area contributed by atoms with Crippen LogP contribution in [0.2, 0.25) is 0 Å². The van der Waals surface area contributed by atoms with Crippen molar-refractivity contribution >= 4 is 11.8 Å². The number of fused-ring (bicyclic) bond motifs is 1. The van der Waals surface area contributed by atoms with Crippen LogP contribution in [0.15, 0.2) is 73.1 Å². The largest absolute Gasteiger partial charge is 0.368 e. The first-order valence-corrected chi connectivity index (χ1v) is 9.72.